The van der Waals surface area contributed by atoms with Crippen molar-refractivity contribution in [2.24, 2.45) is 7.05 Å². The van der Waals surface area contributed by atoms with E-state index < -0.39 is 15.6 Å². The number of ether oxygens (including phenoxy) is 2. The van der Waals surface area contributed by atoms with Crippen LogP contribution in [0.15, 0.2) is 71.8 Å². The molecule has 1 fully saturated rings. The molecule has 1 saturated heterocycles. The lowest BCUT2D eigenvalue weighted by Crippen LogP contribution is -2.51. The largest absolute Gasteiger partial charge is 0.444 e. The lowest BCUT2D eigenvalue weighted by Gasteiger charge is -2.35. The van der Waals surface area contributed by atoms with Gasteiger partial charge in [-0.05, 0) is 70.2 Å². The van der Waals surface area contributed by atoms with Gasteiger partial charge in [-0.1, -0.05) is 17.7 Å². The molecule has 44 heavy (non-hydrogen) atoms. The van der Waals surface area contributed by atoms with E-state index in [-0.39, 0.29) is 16.9 Å². The van der Waals surface area contributed by atoms with E-state index in [1.807, 2.05) is 57.5 Å². The van der Waals surface area contributed by atoms with Crippen LogP contribution in [0.4, 0.5) is 10.5 Å². The second-order valence-electron chi connectivity index (χ2n) is 11.8. The molecule has 2 amide bonds. The van der Waals surface area contributed by atoms with Gasteiger partial charge in [0.2, 0.25) is 5.88 Å². The average molecular weight is 620 g/mol. The Morgan fingerprint density at radius 3 is 2.18 bits per heavy atom. The predicted octanol–water partition coefficient (Wildman–Crippen LogP) is 5.19. The molecule has 0 spiro atoms. The molecule has 0 saturated carbocycles. The first-order chi connectivity index (χ1) is 20.7. The summed E-state index contributed by atoms with van der Waals surface area (Å²) in [6.07, 6.45) is 1.08. The van der Waals surface area contributed by atoms with Crippen LogP contribution in [0.3, 0.4) is 0 Å². The molecule has 0 bridgehead atoms. The molecule has 2 aromatic carbocycles. The van der Waals surface area contributed by atoms with Crippen molar-refractivity contribution in [2.45, 2.75) is 38.2 Å². The summed E-state index contributed by atoms with van der Waals surface area (Å²) in [6.45, 7) is 9.02. The predicted molar refractivity (Wildman–Crippen MR) is 168 cm³/mol. The first kappa shape index (κ1) is 30.9. The van der Waals surface area contributed by atoms with Gasteiger partial charge in [-0.15, -0.1) is 0 Å². The van der Waals surface area contributed by atoms with Gasteiger partial charge >= 0.3 is 6.09 Å². The van der Waals surface area contributed by atoms with Crippen molar-refractivity contribution < 1.29 is 27.5 Å². The van der Waals surface area contributed by atoms with Gasteiger partial charge in [-0.3, -0.25) is 9.10 Å². The van der Waals surface area contributed by atoms with Crippen LogP contribution in [0.1, 0.15) is 36.8 Å². The van der Waals surface area contributed by atoms with E-state index in [1.165, 1.54) is 17.5 Å². The standard InChI is InChI=1S/C32H37N5O6S/c1-22-7-11-26(12-8-22)44(40,41)35(6)24-9-14-29(33-21-24)42-25-10-13-27-23(19-25)20-28(34(27)5)30(38)36-15-17-37(18-16-36)31(39)43-32(2,3)4/h7-14,19-21H,15-18H2,1-6H3. The van der Waals surface area contributed by atoms with Crippen molar-refractivity contribution in [3.63, 3.8) is 0 Å². The van der Waals surface area contributed by atoms with Crippen LogP contribution < -0.4 is 9.04 Å². The lowest BCUT2D eigenvalue weighted by atomic mass is 10.2. The molecule has 11 nitrogen and oxygen atoms in total. The number of aromatic nitrogens is 2. The van der Waals surface area contributed by atoms with Crippen molar-refractivity contribution in [2.75, 3.05) is 37.5 Å². The van der Waals surface area contributed by atoms with Crippen molar-refractivity contribution >= 4 is 38.6 Å². The van der Waals surface area contributed by atoms with Gasteiger partial charge in [0.25, 0.3) is 15.9 Å². The molecule has 0 N–H and O–H groups in total. The van der Waals surface area contributed by atoms with E-state index in [0.29, 0.717) is 49.2 Å². The van der Waals surface area contributed by atoms with Gasteiger partial charge in [0.1, 0.15) is 17.0 Å². The normalized spacial score (nSPS) is 14.0. The van der Waals surface area contributed by atoms with Gasteiger partial charge in [0, 0.05) is 57.2 Å². The Labute approximate surface area is 257 Å². The lowest BCUT2D eigenvalue weighted by molar-refractivity contribution is 0.0139. The van der Waals surface area contributed by atoms with Crippen LogP contribution in [0.25, 0.3) is 10.9 Å². The molecule has 232 valence electrons. The maximum atomic E-state index is 13.4. The highest BCUT2D eigenvalue weighted by atomic mass is 32.2. The Balaban J connectivity index is 1.25. The second kappa shape index (κ2) is 11.8. The average Bonchev–Trinajstić information content (AvgIpc) is 3.31. The third-order valence-electron chi connectivity index (χ3n) is 7.44. The maximum absolute atomic E-state index is 13.4. The first-order valence-corrected chi connectivity index (χ1v) is 15.7. The fraction of sp³-hybridized carbons (Fsp3) is 0.344. The van der Waals surface area contributed by atoms with Crippen LogP contribution in [-0.2, 0) is 21.8 Å². The van der Waals surface area contributed by atoms with E-state index in [9.17, 15) is 18.0 Å². The van der Waals surface area contributed by atoms with Gasteiger partial charge < -0.3 is 23.8 Å². The second-order valence-corrected chi connectivity index (χ2v) is 13.8. The SMILES string of the molecule is Cc1ccc(S(=O)(=O)N(C)c2ccc(Oc3ccc4c(c3)cc(C(=O)N3CCN(C(=O)OC(C)(C)C)CC3)n4C)nc2)cc1. The number of benzene rings is 2. The van der Waals surface area contributed by atoms with Gasteiger partial charge in [0.05, 0.1) is 16.8 Å². The number of amides is 2. The third-order valence-corrected chi connectivity index (χ3v) is 9.24. The number of fused-ring (bicyclic) bond motifs is 1. The molecule has 0 radical (unpaired) electrons. The zero-order valence-corrected chi connectivity index (χ0v) is 26.6. The molecule has 1 aliphatic rings. The van der Waals surface area contributed by atoms with Crippen LogP contribution in [0, 0.1) is 6.92 Å². The van der Waals surface area contributed by atoms with Crippen molar-refractivity contribution in [1.82, 2.24) is 19.4 Å². The number of pyridine rings is 1. The highest BCUT2D eigenvalue weighted by Crippen LogP contribution is 2.29. The zero-order valence-electron chi connectivity index (χ0n) is 25.8. The van der Waals surface area contributed by atoms with Crippen molar-refractivity contribution in [3.8, 4) is 11.6 Å². The molecule has 0 aliphatic carbocycles. The summed E-state index contributed by atoms with van der Waals surface area (Å²) < 4.78 is 40.5. The quantitative estimate of drug-likeness (QED) is 0.292. The molecule has 2 aromatic heterocycles. The number of nitrogens with zero attached hydrogens (tertiary/aromatic N) is 5. The molecular weight excluding hydrogens is 582 g/mol. The monoisotopic (exact) mass is 619 g/mol. The van der Waals surface area contributed by atoms with Crippen LogP contribution >= 0.6 is 0 Å². The van der Waals surface area contributed by atoms with Crippen LogP contribution in [0.2, 0.25) is 0 Å². The van der Waals surface area contributed by atoms with E-state index in [4.69, 9.17) is 9.47 Å². The fourth-order valence-electron chi connectivity index (χ4n) is 4.92. The fourth-order valence-corrected chi connectivity index (χ4v) is 6.11. The highest BCUT2D eigenvalue weighted by Gasteiger charge is 2.29. The number of carbonyl (C=O) groups is 2. The molecule has 4 aromatic rings. The van der Waals surface area contributed by atoms with Crippen LogP contribution in [-0.4, -0.2) is 78.6 Å². The van der Waals surface area contributed by atoms with Gasteiger partial charge in [0.15, 0.2) is 0 Å². The van der Waals surface area contributed by atoms with Crippen LogP contribution in [0.5, 0.6) is 11.6 Å². The topological polar surface area (TPSA) is 114 Å². The van der Waals surface area contributed by atoms with Gasteiger partial charge in [-0.25, -0.2) is 18.2 Å². The number of hydrogen-bond donors (Lipinski definition) is 0. The number of aryl methyl sites for hydroxylation is 2. The smallest absolute Gasteiger partial charge is 0.410 e. The van der Waals surface area contributed by atoms with Crippen molar-refractivity contribution in [3.05, 3.63) is 78.1 Å². The minimum absolute atomic E-state index is 0.114. The third kappa shape index (κ3) is 6.49. The minimum atomic E-state index is -3.74. The summed E-state index contributed by atoms with van der Waals surface area (Å²) in [6, 6.07) is 17.2. The summed E-state index contributed by atoms with van der Waals surface area (Å²) in [5, 5.41) is 0.821. The molecular formula is C32H37N5O6S. The molecule has 12 heteroatoms. The molecule has 0 atom stereocenters. The summed E-state index contributed by atoms with van der Waals surface area (Å²) in [5.41, 5.74) is 2.19. The number of carbonyl (C=O) groups excluding carboxylic acids is 2. The Bertz CT molecular complexity index is 1790. The molecule has 3 heterocycles. The zero-order chi connectivity index (χ0) is 31.8. The van der Waals surface area contributed by atoms with E-state index in [0.717, 1.165) is 16.5 Å². The molecule has 0 unspecified atom stereocenters. The molecule has 1 aliphatic heterocycles. The van der Waals surface area contributed by atoms with E-state index >= 15 is 0 Å². The summed E-state index contributed by atoms with van der Waals surface area (Å²) in [5.74, 6) is 0.704. The van der Waals surface area contributed by atoms with Gasteiger partial charge in [-0.2, -0.15) is 0 Å². The minimum Gasteiger partial charge on any atom is -0.444 e. The van der Waals surface area contributed by atoms with Crippen molar-refractivity contribution in [1.29, 1.82) is 0 Å². The molecule has 5 rings (SSSR count). The summed E-state index contributed by atoms with van der Waals surface area (Å²) in [4.78, 5) is 33.7. The summed E-state index contributed by atoms with van der Waals surface area (Å²) in [7, 11) is -0.415. The number of rotatable bonds is 6. The number of hydrogen-bond acceptors (Lipinski definition) is 7. The summed E-state index contributed by atoms with van der Waals surface area (Å²) >= 11 is 0. The Morgan fingerprint density at radius 2 is 1.57 bits per heavy atom. The first-order valence-electron chi connectivity index (χ1n) is 14.3. The van der Waals surface area contributed by atoms with E-state index in [1.54, 1.807) is 52.3 Å². The van der Waals surface area contributed by atoms with E-state index in [2.05, 4.69) is 4.98 Å². The number of piperazine rings is 1. The maximum Gasteiger partial charge on any atom is 0.410 e. The Morgan fingerprint density at radius 1 is 0.909 bits per heavy atom. The number of anilines is 1. The Kier molecular flexibility index (Phi) is 8.30. The highest BCUT2D eigenvalue weighted by molar-refractivity contribution is 7.92. The number of sulfonamides is 1. The Hall–Kier alpha value is -4.58.